The molecule has 1 nitrogen and oxygen atoms in total. The third-order valence-corrected chi connectivity index (χ3v) is 6.48. The van der Waals surface area contributed by atoms with Crippen LogP contribution in [0.3, 0.4) is 0 Å². The lowest BCUT2D eigenvalue weighted by Crippen LogP contribution is -2.30. The minimum Gasteiger partial charge on any atom is -0.309 e. The highest BCUT2D eigenvalue weighted by molar-refractivity contribution is 9.10. The van der Waals surface area contributed by atoms with E-state index in [9.17, 15) is 0 Å². The molecule has 1 saturated carbocycles. The Kier molecular flexibility index (Phi) is 5.55. The zero-order chi connectivity index (χ0) is 13.1. The van der Waals surface area contributed by atoms with Crippen LogP contribution in [0.25, 0.3) is 0 Å². The molecule has 1 N–H and O–H groups in total. The van der Waals surface area contributed by atoms with Gasteiger partial charge in [-0.05, 0) is 53.2 Å². The molecule has 18 heavy (non-hydrogen) atoms. The van der Waals surface area contributed by atoms with Crippen molar-refractivity contribution in [1.82, 2.24) is 5.32 Å². The molecule has 0 amide bonds. The molecule has 1 fully saturated rings. The zero-order valence-corrected chi connectivity index (χ0v) is 14.2. The molecule has 1 aliphatic rings. The van der Waals surface area contributed by atoms with Gasteiger partial charge in [0.05, 0.1) is 0 Å². The summed E-state index contributed by atoms with van der Waals surface area (Å²) in [5, 5.41) is 3.65. The Balaban J connectivity index is 2.12. The zero-order valence-electron chi connectivity index (χ0n) is 11.0. The lowest BCUT2D eigenvalue weighted by molar-refractivity contribution is 0.235. The Morgan fingerprint density at radius 3 is 2.61 bits per heavy atom. The molecule has 0 bridgehead atoms. The molecule has 1 unspecified atom stereocenters. The second-order valence-electron chi connectivity index (χ2n) is 5.33. The quantitative estimate of drug-likeness (QED) is 0.741. The molecule has 2 rings (SSSR count). The molecule has 1 aromatic heterocycles. The van der Waals surface area contributed by atoms with Gasteiger partial charge in [0.15, 0.2) is 0 Å². The largest absolute Gasteiger partial charge is 0.309 e. The van der Waals surface area contributed by atoms with Crippen LogP contribution in [0.5, 0.6) is 0 Å². The summed E-state index contributed by atoms with van der Waals surface area (Å²) in [5.74, 6) is 1.67. The van der Waals surface area contributed by atoms with Crippen LogP contribution in [0.2, 0.25) is 4.34 Å². The van der Waals surface area contributed by atoms with E-state index in [-0.39, 0.29) is 0 Å². The molecule has 1 aliphatic carbocycles. The standard InChI is InChI=1S/C14H21BrClNS/c1-3-17-13(10-6-4-9(2)5-7-10)12-8-11(15)14(16)18-12/h8-10,13,17H,3-7H2,1-2H3. The molecule has 0 spiro atoms. The van der Waals surface area contributed by atoms with Crippen LogP contribution in [-0.2, 0) is 0 Å². The normalized spacial score (nSPS) is 26.2. The summed E-state index contributed by atoms with van der Waals surface area (Å²) in [6.45, 7) is 5.57. The van der Waals surface area contributed by atoms with E-state index in [4.69, 9.17) is 11.6 Å². The summed E-state index contributed by atoms with van der Waals surface area (Å²) < 4.78 is 1.91. The van der Waals surface area contributed by atoms with E-state index < -0.39 is 0 Å². The smallest absolute Gasteiger partial charge is 0.107 e. The van der Waals surface area contributed by atoms with E-state index in [0.29, 0.717) is 6.04 Å². The van der Waals surface area contributed by atoms with Gasteiger partial charge in [-0.25, -0.2) is 0 Å². The number of thiophene rings is 1. The maximum absolute atomic E-state index is 6.18. The van der Waals surface area contributed by atoms with Gasteiger partial charge in [0.25, 0.3) is 0 Å². The van der Waals surface area contributed by atoms with E-state index in [1.165, 1.54) is 30.6 Å². The third-order valence-electron chi connectivity index (χ3n) is 3.93. The van der Waals surface area contributed by atoms with Gasteiger partial charge < -0.3 is 5.32 Å². The predicted octanol–water partition coefficient (Wildman–Crippen LogP) is 5.64. The molecule has 0 radical (unpaired) electrons. The second-order valence-corrected chi connectivity index (χ2v) is 7.87. The molecule has 1 aromatic rings. The Bertz CT molecular complexity index is 366. The fraction of sp³-hybridized carbons (Fsp3) is 0.714. The van der Waals surface area contributed by atoms with Gasteiger partial charge in [-0.3, -0.25) is 0 Å². The number of rotatable bonds is 4. The molecular formula is C14H21BrClNS. The summed E-state index contributed by atoms with van der Waals surface area (Å²) in [6, 6.07) is 2.68. The van der Waals surface area contributed by atoms with Crippen molar-refractivity contribution < 1.29 is 0 Å². The summed E-state index contributed by atoms with van der Waals surface area (Å²) >= 11 is 11.4. The minimum atomic E-state index is 0.483. The molecule has 4 heteroatoms. The SMILES string of the molecule is CCNC(c1cc(Br)c(Cl)s1)C1CCC(C)CC1. The van der Waals surface area contributed by atoms with Crippen molar-refractivity contribution in [3.63, 3.8) is 0 Å². The van der Waals surface area contributed by atoms with Gasteiger partial charge in [0, 0.05) is 15.4 Å². The number of hydrogen-bond acceptors (Lipinski definition) is 2. The average molecular weight is 351 g/mol. The highest BCUT2D eigenvalue weighted by Crippen LogP contribution is 2.42. The predicted molar refractivity (Wildman–Crippen MR) is 84.6 cm³/mol. The summed E-state index contributed by atoms with van der Waals surface area (Å²) in [6.07, 6.45) is 5.41. The van der Waals surface area contributed by atoms with Crippen LogP contribution < -0.4 is 5.32 Å². The first-order valence-corrected chi connectivity index (χ1v) is 8.78. The number of halogens is 2. The Labute approximate surface area is 127 Å². The van der Waals surface area contributed by atoms with Crippen molar-refractivity contribution >= 4 is 38.9 Å². The van der Waals surface area contributed by atoms with Crippen molar-refractivity contribution in [2.75, 3.05) is 6.54 Å². The van der Waals surface area contributed by atoms with Crippen LogP contribution in [0.4, 0.5) is 0 Å². The van der Waals surface area contributed by atoms with E-state index in [2.05, 4.69) is 41.2 Å². The summed E-state index contributed by atoms with van der Waals surface area (Å²) in [4.78, 5) is 1.38. The molecule has 1 atom stereocenters. The van der Waals surface area contributed by atoms with Gasteiger partial charge in [-0.1, -0.05) is 38.3 Å². The van der Waals surface area contributed by atoms with E-state index in [1.54, 1.807) is 11.3 Å². The molecule has 1 heterocycles. The van der Waals surface area contributed by atoms with Crippen LogP contribution in [0.15, 0.2) is 10.5 Å². The van der Waals surface area contributed by atoms with Crippen molar-refractivity contribution in [2.45, 2.75) is 45.6 Å². The van der Waals surface area contributed by atoms with Gasteiger partial charge in [-0.15, -0.1) is 11.3 Å². The first kappa shape index (κ1) is 14.8. The van der Waals surface area contributed by atoms with Crippen LogP contribution >= 0.6 is 38.9 Å². The fourth-order valence-corrected chi connectivity index (χ4v) is 4.76. The van der Waals surface area contributed by atoms with Gasteiger partial charge in [-0.2, -0.15) is 0 Å². The lowest BCUT2D eigenvalue weighted by atomic mass is 9.79. The lowest BCUT2D eigenvalue weighted by Gasteiger charge is -2.32. The summed E-state index contributed by atoms with van der Waals surface area (Å²) in [7, 11) is 0. The van der Waals surface area contributed by atoms with Crippen molar-refractivity contribution in [1.29, 1.82) is 0 Å². The van der Waals surface area contributed by atoms with Gasteiger partial charge >= 0.3 is 0 Å². The van der Waals surface area contributed by atoms with Crippen molar-refractivity contribution in [3.05, 3.63) is 19.8 Å². The second kappa shape index (κ2) is 6.74. The first-order chi connectivity index (χ1) is 8.61. The molecule has 0 aromatic carbocycles. The molecule has 0 aliphatic heterocycles. The van der Waals surface area contributed by atoms with E-state index in [1.807, 2.05) is 0 Å². The van der Waals surface area contributed by atoms with Crippen molar-refractivity contribution in [2.24, 2.45) is 11.8 Å². The average Bonchev–Trinajstić information content (AvgIpc) is 2.68. The van der Waals surface area contributed by atoms with Crippen molar-refractivity contribution in [3.8, 4) is 0 Å². The topological polar surface area (TPSA) is 12.0 Å². The highest BCUT2D eigenvalue weighted by atomic mass is 79.9. The maximum Gasteiger partial charge on any atom is 0.107 e. The fourth-order valence-electron chi connectivity index (χ4n) is 2.86. The Morgan fingerprint density at radius 1 is 1.44 bits per heavy atom. The third kappa shape index (κ3) is 3.50. The first-order valence-electron chi connectivity index (χ1n) is 6.80. The monoisotopic (exact) mass is 349 g/mol. The van der Waals surface area contributed by atoms with Crippen LogP contribution in [0, 0.1) is 11.8 Å². The Morgan fingerprint density at radius 2 is 2.11 bits per heavy atom. The number of hydrogen-bond donors (Lipinski definition) is 1. The van der Waals surface area contributed by atoms with E-state index in [0.717, 1.165) is 27.2 Å². The summed E-state index contributed by atoms with van der Waals surface area (Å²) in [5.41, 5.74) is 0. The van der Waals surface area contributed by atoms with Crippen LogP contribution in [0.1, 0.15) is 50.4 Å². The number of nitrogens with one attached hydrogen (secondary N) is 1. The van der Waals surface area contributed by atoms with Gasteiger partial charge in [0.1, 0.15) is 4.34 Å². The van der Waals surface area contributed by atoms with Crippen LogP contribution in [-0.4, -0.2) is 6.54 Å². The highest BCUT2D eigenvalue weighted by Gasteiger charge is 2.28. The Hall–Kier alpha value is 0.430. The maximum atomic E-state index is 6.18. The molecule has 102 valence electrons. The van der Waals surface area contributed by atoms with Gasteiger partial charge in [0.2, 0.25) is 0 Å². The van der Waals surface area contributed by atoms with E-state index >= 15 is 0 Å². The molecular weight excluding hydrogens is 330 g/mol. The molecule has 0 saturated heterocycles. The minimum absolute atomic E-state index is 0.483.